The summed E-state index contributed by atoms with van der Waals surface area (Å²) in [7, 11) is 0. The highest BCUT2D eigenvalue weighted by Gasteiger charge is 2.25. The minimum absolute atomic E-state index is 0.420. The highest BCUT2D eigenvalue weighted by molar-refractivity contribution is 5.92. The van der Waals surface area contributed by atoms with E-state index in [-0.39, 0.29) is 0 Å². The molecule has 3 aromatic rings. The van der Waals surface area contributed by atoms with Gasteiger partial charge in [-0.2, -0.15) is 5.26 Å². The molecule has 0 N–H and O–H groups in total. The van der Waals surface area contributed by atoms with Crippen molar-refractivity contribution in [2.45, 2.75) is 12.3 Å². The van der Waals surface area contributed by atoms with Gasteiger partial charge in [-0.05, 0) is 46.0 Å². The van der Waals surface area contributed by atoms with Crippen molar-refractivity contribution in [3.05, 3.63) is 82.9 Å². The van der Waals surface area contributed by atoms with Gasteiger partial charge in [0.25, 0.3) is 0 Å². The van der Waals surface area contributed by atoms with Crippen molar-refractivity contribution in [2.24, 2.45) is 0 Å². The zero-order chi connectivity index (χ0) is 13.5. The Morgan fingerprint density at radius 3 is 2.40 bits per heavy atom. The van der Waals surface area contributed by atoms with Gasteiger partial charge in [-0.3, -0.25) is 0 Å². The third kappa shape index (κ3) is 1.55. The van der Waals surface area contributed by atoms with Crippen LogP contribution in [-0.4, -0.2) is 0 Å². The predicted molar refractivity (Wildman–Crippen MR) is 80.7 cm³/mol. The zero-order valence-corrected chi connectivity index (χ0v) is 11.0. The Balaban J connectivity index is 1.87. The average molecular weight is 255 g/mol. The quantitative estimate of drug-likeness (QED) is 0.632. The van der Waals surface area contributed by atoms with E-state index in [1.54, 1.807) is 0 Å². The van der Waals surface area contributed by atoms with E-state index in [1.165, 1.54) is 27.5 Å². The van der Waals surface area contributed by atoms with E-state index < -0.39 is 0 Å². The summed E-state index contributed by atoms with van der Waals surface area (Å²) in [5.41, 5.74) is 4.88. The first-order valence-corrected chi connectivity index (χ1v) is 6.87. The molecule has 1 atom stereocenters. The van der Waals surface area contributed by atoms with Gasteiger partial charge in [-0.25, -0.2) is 0 Å². The van der Waals surface area contributed by atoms with Gasteiger partial charge in [-0.15, -0.1) is 0 Å². The topological polar surface area (TPSA) is 23.8 Å². The van der Waals surface area contributed by atoms with Crippen LogP contribution < -0.4 is 0 Å². The maximum absolute atomic E-state index is 8.91. The second kappa shape index (κ2) is 4.21. The molecule has 0 bridgehead atoms. The fourth-order valence-corrected chi connectivity index (χ4v) is 3.33. The lowest BCUT2D eigenvalue weighted by Gasteiger charge is -2.12. The minimum Gasteiger partial charge on any atom is -0.192 e. The number of nitriles is 1. The van der Waals surface area contributed by atoms with Crippen LogP contribution in [0, 0.1) is 11.3 Å². The molecule has 1 aliphatic carbocycles. The maximum Gasteiger partial charge on any atom is 0.0991 e. The molecular weight excluding hydrogens is 242 g/mol. The Morgan fingerprint density at radius 1 is 0.900 bits per heavy atom. The van der Waals surface area contributed by atoms with E-state index in [1.807, 2.05) is 12.1 Å². The first-order valence-electron chi connectivity index (χ1n) is 6.87. The van der Waals surface area contributed by atoms with Gasteiger partial charge in [0.15, 0.2) is 0 Å². The van der Waals surface area contributed by atoms with E-state index in [4.69, 9.17) is 5.26 Å². The number of nitrogens with zero attached hydrogens (tertiary/aromatic N) is 1. The van der Waals surface area contributed by atoms with E-state index in [2.05, 4.69) is 54.6 Å². The Hall–Kier alpha value is -2.59. The molecule has 0 spiro atoms. The van der Waals surface area contributed by atoms with Crippen LogP contribution in [0.4, 0.5) is 0 Å². The van der Waals surface area contributed by atoms with Gasteiger partial charge >= 0.3 is 0 Å². The van der Waals surface area contributed by atoms with Crippen molar-refractivity contribution in [2.75, 3.05) is 0 Å². The lowest BCUT2D eigenvalue weighted by Crippen LogP contribution is -1.98. The molecule has 94 valence electrons. The Morgan fingerprint density at radius 2 is 1.65 bits per heavy atom. The highest BCUT2D eigenvalue weighted by atomic mass is 14.3. The second-order valence-corrected chi connectivity index (χ2v) is 5.35. The van der Waals surface area contributed by atoms with E-state index >= 15 is 0 Å². The van der Waals surface area contributed by atoms with Crippen LogP contribution in [0.25, 0.3) is 10.8 Å². The van der Waals surface area contributed by atoms with Gasteiger partial charge in [0.05, 0.1) is 11.6 Å². The molecule has 1 unspecified atom stereocenters. The lowest BCUT2D eigenvalue weighted by molar-refractivity contribution is 0.848. The van der Waals surface area contributed by atoms with Crippen LogP contribution in [0.1, 0.15) is 28.2 Å². The normalized spacial score (nSPS) is 16.2. The first-order chi connectivity index (χ1) is 9.86. The molecule has 4 rings (SSSR count). The molecule has 20 heavy (non-hydrogen) atoms. The molecule has 3 aromatic carbocycles. The minimum atomic E-state index is 0.420. The third-order valence-electron chi connectivity index (χ3n) is 4.26. The van der Waals surface area contributed by atoms with Crippen molar-refractivity contribution in [1.29, 1.82) is 5.26 Å². The zero-order valence-electron chi connectivity index (χ0n) is 11.0. The molecule has 0 heterocycles. The molecule has 0 aliphatic heterocycles. The van der Waals surface area contributed by atoms with Gasteiger partial charge in [-0.1, -0.05) is 48.5 Å². The van der Waals surface area contributed by atoms with Crippen LogP contribution in [0.5, 0.6) is 0 Å². The van der Waals surface area contributed by atoms with E-state index in [0.717, 1.165) is 12.0 Å². The van der Waals surface area contributed by atoms with Crippen LogP contribution >= 0.6 is 0 Å². The molecule has 1 nitrogen and oxygen atoms in total. The number of hydrogen-bond donors (Lipinski definition) is 0. The molecule has 0 saturated carbocycles. The van der Waals surface area contributed by atoms with Crippen molar-refractivity contribution in [3.63, 3.8) is 0 Å². The summed E-state index contributed by atoms with van der Waals surface area (Å²) in [5, 5.41) is 11.7. The Kier molecular flexibility index (Phi) is 2.37. The van der Waals surface area contributed by atoms with Crippen LogP contribution in [0.3, 0.4) is 0 Å². The van der Waals surface area contributed by atoms with Crippen molar-refractivity contribution >= 4 is 10.8 Å². The number of benzene rings is 3. The van der Waals surface area contributed by atoms with Crippen molar-refractivity contribution in [1.82, 2.24) is 0 Å². The molecule has 0 fully saturated rings. The SMILES string of the molecule is N#Cc1ccc(C2Cc3cccc4cccc2c34)cc1. The molecule has 1 aliphatic rings. The maximum atomic E-state index is 8.91. The fraction of sp³-hybridized carbons (Fsp3) is 0.105. The summed E-state index contributed by atoms with van der Waals surface area (Å²) < 4.78 is 0. The number of rotatable bonds is 1. The fourth-order valence-electron chi connectivity index (χ4n) is 3.33. The molecule has 0 saturated heterocycles. The van der Waals surface area contributed by atoms with Gasteiger partial charge in [0.2, 0.25) is 0 Å². The summed E-state index contributed by atoms with van der Waals surface area (Å²) in [6.07, 6.45) is 1.06. The summed E-state index contributed by atoms with van der Waals surface area (Å²) in [6.45, 7) is 0. The summed E-state index contributed by atoms with van der Waals surface area (Å²) in [6, 6.07) is 23.3. The monoisotopic (exact) mass is 255 g/mol. The highest BCUT2D eigenvalue weighted by Crippen LogP contribution is 2.41. The van der Waals surface area contributed by atoms with Gasteiger partial charge in [0, 0.05) is 5.92 Å². The first kappa shape index (κ1) is 11.3. The van der Waals surface area contributed by atoms with Crippen LogP contribution in [-0.2, 0) is 6.42 Å². The summed E-state index contributed by atoms with van der Waals surface area (Å²) in [5.74, 6) is 0.420. The van der Waals surface area contributed by atoms with Gasteiger partial charge < -0.3 is 0 Å². The van der Waals surface area contributed by atoms with E-state index in [0.29, 0.717) is 5.92 Å². The molecule has 0 amide bonds. The van der Waals surface area contributed by atoms with Crippen molar-refractivity contribution < 1.29 is 0 Å². The molecule has 1 heteroatoms. The third-order valence-corrected chi connectivity index (χ3v) is 4.26. The van der Waals surface area contributed by atoms with Crippen molar-refractivity contribution in [3.8, 4) is 6.07 Å². The predicted octanol–water partition coefficient (Wildman–Crippen LogP) is 4.40. The Bertz CT molecular complexity index is 833. The Labute approximate surface area is 118 Å². The second-order valence-electron chi connectivity index (χ2n) is 5.35. The summed E-state index contributed by atoms with van der Waals surface area (Å²) >= 11 is 0. The summed E-state index contributed by atoms with van der Waals surface area (Å²) in [4.78, 5) is 0. The smallest absolute Gasteiger partial charge is 0.0991 e. The lowest BCUT2D eigenvalue weighted by atomic mass is 9.91. The standard InChI is InChI=1S/C19H13N/c20-12-13-7-9-14(10-8-13)18-11-16-5-1-3-15-4-2-6-17(18)19(15)16/h1-10,18H,11H2. The van der Waals surface area contributed by atoms with E-state index in [9.17, 15) is 0 Å². The average Bonchev–Trinajstić information content (AvgIpc) is 2.89. The largest absolute Gasteiger partial charge is 0.192 e. The molecule has 0 aromatic heterocycles. The molecular formula is C19H13N. The van der Waals surface area contributed by atoms with Gasteiger partial charge in [0.1, 0.15) is 0 Å². The molecule has 0 radical (unpaired) electrons. The van der Waals surface area contributed by atoms with Crippen LogP contribution in [0.2, 0.25) is 0 Å². The number of hydrogen-bond acceptors (Lipinski definition) is 1. The van der Waals surface area contributed by atoms with Crippen LogP contribution in [0.15, 0.2) is 60.7 Å².